The molecule has 8 aromatic carbocycles. The lowest BCUT2D eigenvalue weighted by Gasteiger charge is -2.34. The number of nitriles is 1. The van der Waals surface area contributed by atoms with Crippen LogP contribution in [0, 0.1) is 70.5 Å². The van der Waals surface area contributed by atoms with Crippen LogP contribution in [0.1, 0.15) is 420 Å². The number of rotatable bonds is 20. The van der Waals surface area contributed by atoms with Gasteiger partial charge in [-0.15, -0.1) is 0 Å². The lowest BCUT2D eigenvalue weighted by Crippen LogP contribution is -2.31. The van der Waals surface area contributed by atoms with Crippen LogP contribution in [0.5, 0.6) is 11.5 Å². The van der Waals surface area contributed by atoms with E-state index in [-0.39, 0.29) is 41.1 Å². The van der Waals surface area contributed by atoms with E-state index in [2.05, 4.69) is 195 Å². The summed E-state index contributed by atoms with van der Waals surface area (Å²) >= 11 is 0. The van der Waals surface area contributed by atoms with Crippen molar-refractivity contribution in [3.8, 4) is 17.6 Å². The van der Waals surface area contributed by atoms with Crippen molar-refractivity contribution in [2.75, 3.05) is 18.1 Å². The number of aromatic hydroxyl groups is 1. The van der Waals surface area contributed by atoms with Gasteiger partial charge in [0, 0.05) is 16.8 Å². The van der Waals surface area contributed by atoms with Gasteiger partial charge in [-0.25, -0.2) is 30.8 Å². The third-order valence-electron chi connectivity index (χ3n) is 27.0. The van der Waals surface area contributed by atoms with E-state index in [1.54, 1.807) is 55.6 Å². The van der Waals surface area contributed by atoms with Crippen LogP contribution in [0.2, 0.25) is 0 Å². The van der Waals surface area contributed by atoms with E-state index in [4.69, 9.17) is 36.8 Å². The van der Waals surface area contributed by atoms with Gasteiger partial charge in [0.05, 0.1) is 54.3 Å². The maximum absolute atomic E-state index is 12.8. The Morgan fingerprint density at radius 2 is 0.831 bits per heavy atom. The van der Waals surface area contributed by atoms with Crippen molar-refractivity contribution in [1.82, 2.24) is 0 Å². The highest BCUT2D eigenvalue weighted by molar-refractivity contribution is 7.92. The molecule has 0 heterocycles. The Morgan fingerprint density at radius 1 is 0.437 bits per heavy atom. The van der Waals surface area contributed by atoms with Gasteiger partial charge in [0.1, 0.15) is 23.8 Å². The first-order valence-electron chi connectivity index (χ1n) is 52.3. The number of nitrogens with two attached hydrogens (primary N) is 3. The van der Waals surface area contributed by atoms with Crippen molar-refractivity contribution < 1.29 is 65.5 Å². The summed E-state index contributed by atoms with van der Waals surface area (Å²) in [5.41, 5.74) is 22.9. The highest BCUT2D eigenvalue weighted by Crippen LogP contribution is 2.38. The molecule has 8 aromatic rings. The highest BCUT2D eigenvalue weighted by Gasteiger charge is 2.32. The van der Waals surface area contributed by atoms with Crippen LogP contribution in [0.3, 0.4) is 0 Å². The topological polar surface area (TPSA) is 327 Å². The van der Waals surface area contributed by atoms with E-state index < -0.39 is 32.4 Å². The van der Waals surface area contributed by atoms with Gasteiger partial charge in [0.15, 0.2) is 0 Å². The molecule has 8 unspecified atom stereocenters. The molecule has 2 amide bonds. The number of anilines is 1. The number of sulfonamides is 2. The van der Waals surface area contributed by atoms with Crippen molar-refractivity contribution in [3.63, 3.8) is 0 Å². The second-order valence-corrected chi connectivity index (χ2v) is 46.7. The fourth-order valence-corrected chi connectivity index (χ4v) is 18.2. The van der Waals surface area contributed by atoms with Gasteiger partial charge in [0.25, 0.3) is 0 Å². The number of aliphatic hydroxyl groups is 4. The summed E-state index contributed by atoms with van der Waals surface area (Å²) in [4.78, 5) is 21.7. The summed E-state index contributed by atoms with van der Waals surface area (Å²) < 4.78 is 76.8. The summed E-state index contributed by atoms with van der Waals surface area (Å²) in [6.45, 7) is 57.7. The molecule has 5 aliphatic carbocycles. The van der Waals surface area contributed by atoms with Crippen molar-refractivity contribution in [2.45, 2.75) is 385 Å². The normalized spacial score (nSPS) is 19.4. The number of amides is 2. The van der Waals surface area contributed by atoms with Gasteiger partial charge in [0.2, 0.25) is 31.9 Å². The third kappa shape index (κ3) is 55.5. The lowest BCUT2D eigenvalue weighted by atomic mass is 9.75. The molecule has 17 nitrogen and oxygen atoms in total. The summed E-state index contributed by atoms with van der Waals surface area (Å²) in [6, 6.07) is 62.4. The van der Waals surface area contributed by atoms with Crippen LogP contribution in [0.15, 0.2) is 199 Å². The molecule has 0 aliphatic heterocycles. The zero-order valence-corrected chi connectivity index (χ0v) is 93.9. The molecule has 0 radical (unpaired) electrons. The van der Waals surface area contributed by atoms with E-state index >= 15 is 0 Å². The molecule has 796 valence electrons. The number of aliphatic hydroxyl groups excluding tert-OH is 3. The molecule has 13 rings (SSSR count). The average Bonchev–Trinajstić information content (AvgIpc) is 1.13. The molecule has 0 aromatic heterocycles. The van der Waals surface area contributed by atoms with Crippen molar-refractivity contribution >= 4 is 37.5 Å². The SMILES string of the molecule is CC(C)C1CCC(C)(O)CC1.CC(C)C1CCC(F)C1.CC(C)C1CCCC1F.CC(C)C1CCCC1O.CC(C)C1CCCCC1O.CC(C)c1ccc(C(N)=O)cc1.CC(C)c1cccc(C#N)c1.CC(C)c1cccc(C(N)=O)c1.CC(C)c1cccc(CO)c1.CC(C)c1cccc(NS(C)(=O)=O)c1.CC(C)c1cccc(O)c1.CC(C)c1cccc(S(N)(=O)=O)c1.COc1cccc(C(C)C)c1. The first kappa shape index (κ1) is 131. The van der Waals surface area contributed by atoms with Gasteiger partial charge < -0.3 is 41.7 Å². The van der Waals surface area contributed by atoms with Crippen molar-refractivity contribution in [3.05, 3.63) is 261 Å². The number of nitrogens with zero attached hydrogens (tertiary/aromatic N) is 1. The van der Waals surface area contributed by atoms with Gasteiger partial charge in [-0.2, -0.15) is 5.26 Å². The Balaban J connectivity index is 0.000000770. The number of hydrogen-bond donors (Lipinski definition) is 9. The highest BCUT2D eigenvalue weighted by atomic mass is 32.2. The number of methoxy groups -OCH3 is 1. The molecule has 5 saturated carbocycles. The lowest BCUT2D eigenvalue weighted by molar-refractivity contribution is 0.00159. The molecule has 21 heteroatoms. The third-order valence-corrected chi connectivity index (χ3v) is 28.5. The summed E-state index contributed by atoms with van der Waals surface area (Å²) in [7, 11) is -5.03. The zero-order valence-electron chi connectivity index (χ0n) is 92.3. The van der Waals surface area contributed by atoms with Gasteiger partial charge in [-0.05, 0) is 332 Å². The number of hydrogen-bond acceptors (Lipinski definition) is 13. The van der Waals surface area contributed by atoms with Crippen molar-refractivity contribution in [1.29, 1.82) is 5.26 Å². The molecule has 0 spiro atoms. The largest absolute Gasteiger partial charge is 0.508 e. The van der Waals surface area contributed by atoms with E-state index in [1.807, 2.05) is 142 Å². The summed E-state index contributed by atoms with van der Waals surface area (Å²) in [6.07, 6.45) is 18.6. The average molecular weight is 2010 g/mol. The predicted octanol–water partition coefficient (Wildman–Crippen LogP) is 29.9. The summed E-state index contributed by atoms with van der Waals surface area (Å²) in [5, 5.41) is 60.1. The molecule has 12 N–H and O–H groups in total. The standard InChI is InChI=1S/C10H15NO2S.2C10H13NO.C10H11N.C10H20O.2C10H14O.C9H13NO2S.C9H12O.C9H18O.2C8H15F.C8H16O/c1-8(2)9-5-4-6-10(7-9)11-14(3,12)13;1-7(2)8-3-5-9(6-4-8)10(11)12;1-7(2)8-4-3-5-9(6-8)10(11)12;1-8(2)10-5-3-4-9(6-10)7-11;1-8(2)9-4-6-10(3,11)7-5-9;1-8(2)9-5-4-6-10(7-9)11-3;1-8(2)10-5-3-4-9(6-10)7-11;1-7(2)8-4-3-5-9(6-8)13(10,11)12;1-7(2)8-4-3-5-9(10)6-8;1-7(2)8-5-3-4-6-9(8)10;1-6(2)7-3-4-8(9)5-7;2*1-6(2)7-4-3-5-8(7)9/h4-8,11H,1-3H3;2*3-7H,1-2H3,(H2,11,12);3-6,8H,1-2H3;8-9,11H,4-7H2,1-3H3;4-8H,1-3H3;3-6,8,11H,7H2,1-2H3;3-7H,1-2H3,(H2,10,11,12);3-7,10H,1-2H3;7-10H,3-6H2,1-2H3;2*6-8H,3-5H2,1-2H3;6-9H,3-5H2,1-2H3. The Morgan fingerprint density at radius 3 is 1.20 bits per heavy atom. The second kappa shape index (κ2) is 68.5. The second-order valence-electron chi connectivity index (χ2n) is 43.4. The maximum Gasteiger partial charge on any atom is 0.248 e. The Labute approximate surface area is 860 Å². The minimum absolute atomic E-state index is 0.00463. The van der Waals surface area contributed by atoms with Gasteiger partial charge in [-0.1, -0.05) is 315 Å². The minimum atomic E-state index is -3.56. The first-order chi connectivity index (χ1) is 66.3. The number of primary amides is 2. The van der Waals surface area contributed by atoms with E-state index in [9.17, 15) is 50.5 Å². The quantitative estimate of drug-likeness (QED) is 0.0343. The number of primary sulfonamides is 1. The molecule has 142 heavy (non-hydrogen) atoms. The first-order valence-corrected chi connectivity index (χ1v) is 55.7. The van der Waals surface area contributed by atoms with Crippen LogP contribution in [-0.2, 0) is 26.7 Å². The Kier molecular flexibility index (Phi) is 63.3. The fraction of sp³-hybridized carbons (Fsp3) is 0.579. The Hall–Kier alpha value is -8.85. The number of phenolic OH excluding ortho intramolecular Hbond substituents is 1. The van der Waals surface area contributed by atoms with Crippen LogP contribution in [0.4, 0.5) is 14.5 Å². The van der Waals surface area contributed by atoms with E-state index in [0.717, 1.165) is 116 Å². The number of nitrogens with one attached hydrogen (secondary N) is 1. The molecular weight excluding hydrogens is 1820 g/mol. The number of carbonyl (C=O) groups is 2. The molecule has 5 aliphatic rings. The smallest absolute Gasteiger partial charge is 0.248 e. The maximum atomic E-state index is 12.8. The van der Waals surface area contributed by atoms with Crippen LogP contribution in [0.25, 0.3) is 0 Å². The van der Waals surface area contributed by atoms with Gasteiger partial charge in [-0.3, -0.25) is 14.3 Å². The molecule has 8 atom stereocenters. The molecule has 0 saturated heterocycles. The number of ether oxygens (including phenoxy) is 1. The van der Waals surface area contributed by atoms with E-state index in [1.165, 1.54) is 78.8 Å². The number of benzene rings is 8. The molecule has 0 bridgehead atoms. The number of halogens is 2. The fourth-order valence-electron chi connectivity index (χ4n) is 17.1. The monoisotopic (exact) mass is 2010 g/mol. The van der Waals surface area contributed by atoms with E-state index in [0.29, 0.717) is 117 Å². The molecule has 5 fully saturated rings. The van der Waals surface area contributed by atoms with Crippen LogP contribution >= 0.6 is 0 Å². The minimum Gasteiger partial charge on any atom is -0.508 e. The van der Waals surface area contributed by atoms with Crippen molar-refractivity contribution in [2.24, 2.45) is 75.8 Å². The number of alkyl halides is 2. The molecular formula is C121H189F2N5O12S2. The van der Waals surface area contributed by atoms with Crippen LogP contribution < -0.4 is 26.1 Å². The predicted molar refractivity (Wildman–Crippen MR) is 593 cm³/mol. The Bertz CT molecular complexity index is 5000. The summed E-state index contributed by atoms with van der Waals surface area (Å²) in [5.74, 6) is 10.7. The van der Waals surface area contributed by atoms with Gasteiger partial charge >= 0.3 is 0 Å². The van der Waals surface area contributed by atoms with Crippen LogP contribution in [-0.4, -0.2) is 97.7 Å². The zero-order chi connectivity index (χ0) is 108. The number of phenols is 1. The number of carbonyl (C=O) groups excluding carboxylic acids is 2.